The van der Waals surface area contributed by atoms with Gasteiger partial charge in [0.05, 0.1) is 6.54 Å². The van der Waals surface area contributed by atoms with E-state index in [1.807, 2.05) is 45.0 Å². The lowest BCUT2D eigenvalue weighted by Crippen LogP contribution is -2.57. The SMILES string of the molecule is CC1CCCCN1C(=O)CN1CCN(C(=O)C2CC3CCCCC3N2C(=O)c2ccccc2)CC1. The van der Waals surface area contributed by atoms with Crippen molar-refractivity contribution in [2.24, 2.45) is 5.92 Å². The van der Waals surface area contributed by atoms with Gasteiger partial charge in [0.15, 0.2) is 0 Å². The number of amides is 3. The van der Waals surface area contributed by atoms with Crippen LogP contribution in [-0.4, -0.2) is 94.7 Å². The quantitative estimate of drug-likeness (QED) is 0.665. The molecule has 0 bridgehead atoms. The van der Waals surface area contributed by atoms with Gasteiger partial charge in [0.2, 0.25) is 11.8 Å². The fraction of sp³-hybridized carbons (Fsp3) is 0.679. The van der Waals surface area contributed by atoms with E-state index >= 15 is 0 Å². The molecule has 0 radical (unpaired) electrons. The highest BCUT2D eigenvalue weighted by Crippen LogP contribution is 2.41. The molecule has 7 heteroatoms. The highest BCUT2D eigenvalue weighted by Gasteiger charge is 2.48. The Hall–Kier alpha value is -2.41. The second-order valence-electron chi connectivity index (χ2n) is 11.0. The summed E-state index contributed by atoms with van der Waals surface area (Å²) in [5, 5.41) is 0. The van der Waals surface area contributed by atoms with E-state index in [2.05, 4.69) is 11.8 Å². The van der Waals surface area contributed by atoms with Gasteiger partial charge < -0.3 is 14.7 Å². The van der Waals surface area contributed by atoms with Crippen LogP contribution in [0.25, 0.3) is 0 Å². The fourth-order valence-electron chi connectivity index (χ4n) is 6.79. The summed E-state index contributed by atoms with van der Waals surface area (Å²) < 4.78 is 0. The normalized spacial score (nSPS) is 29.7. The summed E-state index contributed by atoms with van der Waals surface area (Å²) in [5.74, 6) is 0.741. The summed E-state index contributed by atoms with van der Waals surface area (Å²) in [5.41, 5.74) is 0.673. The second-order valence-corrected chi connectivity index (χ2v) is 11.0. The van der Waals surface area contributed by atoms with Crippen molar-refractivity contribution >= 4 is 17.7 Å². The van der Waals surface area contributed by atoms with Crippen molar-refractivity contribution in [3.05, 3.63) is 35.9 Å². The topological polar surface area (TPSA) is 64.2 Å². The number of fused-ring (bicyclic) bond motifs is 1. The fourth-order valence-corrected chi connectivity index (χ4v) is 6.79. The van der Waals surface area contributed by atoms with Gasteiger partial charge in [0.25, 0.3) is 5.91 Å². The Morgan fingerprint density at radius 1 is 0.857 bits per heavy atom. The van der Waals surface area contributed by atoms with Crippen molar-refractivity contribution in [3.63, 3.8) is 0 Å². The lowest BCUT2D eigenvalue weighted by Gasteiger charge is -2.40. The highest BCUT2D eigenvalue weighted by atomic mass is 16.2. The zero-order valence-electron chi connectivity index (χ0n) is 21.1. The van der Waals surface area contributed by atoms with Crippen LogP contribution in [0.4, 0.5) is 0 Å². The van der Waals surface area contributed by atoms with E-state index in [1.165, 1.54) is 12.8 Å². The summed E-state index contributed by atoms with van der Waals surface area (Å²) in [4.78, 5) is 48.3. The molecule has 4 unspecified atom stereocenters. The first-order valence-corrected chi connectivity index (χ1v) is 13.7. The predicted molar refractivity (Wildman–Crippen MR) is 135 cm³/mol. The Morgan fingerprint density at radius 2 is 1.57 bits per heavy atom. The van der Waals surface area contributed by atoms with E-state index in [9.17, 15) is 14.4 Å². The molecular weight excluding hydrogens is 440 g/mol. The van der Waals surface area contributed by atoms with Gasteiger partial charge in [-0.3, -0.25) is 19.3 Å². The molecule has 1 aromatic rings. The minimum absolute atomic E-state index is 0.00164. The van der Waals surface area contributed by atoms with E-state index in [1.54, 1.807) is 0 Å². The molecule has 3 aliphatic heterocycles. The summed E-state index contributed by atoms with van der Waals surface area (Å²) >= 11 is 0. The van der Waals surface area contributed by atoms with Crippen LogP contribution in [0.15, 0.2) is 30.3 Å². The van der Waals surface area contributed by atoms with Crippen molar-refractivity contribution in [1.29, 1.82) is 0 Å². The number of hydrogen-bond acceptors (Lipinski definition) is 4. The van der Waals surface area contributed by atoms with E-state index in [4.69, 9.17) is 0 Å². The van der Waals surface area contributed by atoms with Gasteiger partial charge in [-0.1, -0.05) is 31.0 Å². The molecule has 0 aromatic heterocycles. The van der Waals surface area contributed by atoms with Crippen LogP contribution in [-0.2, 0) is 9.59 Å². The first-order chi connectivity index (χ1) is 17.0. The second kappa shape index (κ2) is 10.7. The molecule has 5 rings (SSSR count). The molecule has 4 aliphatic rings. The molecule has 7 nitrogen and oxygen atoms in total. The van der Waals surface area contributed by atoms with Gasteiger partial charge in [-0.05, 0) is 63.5 Å². The van der Waals surface area contributed by atoms with Crippen LogP contribution < -0.4 is 0 Å². The smallest absolute Gasteiger partial charge is 0.254 e. The number of rotatable bonds is 4. The van der Waals surface area contributed by atoms with Gasteiger partial charge in [0.1, 0.15) is 6.04 Å². The third-order valence-corrected chi connectivity index (χ3v) is 8.79. The maximum Gasteiger partial charge on any atom is 0.254 e. The Morgan fingerprint density at radius 3 is 2.31 bits per heavy atom. The van der Waals surface area contributed by atoms with E-state index in [-0.39, 0.29) is 29.8 Å². The van der Waals surface area contributed by atoms with Crippen molar-refractivity contribution in [2.75, 3.05) is 39.3 Å². The number of piperidine rings is 1. The molecule has 3 heterocycles. The monoisotopic (exact) mass is 480 g/mol. The third kappa shape index (κ3) is 5.11. The van der Waals surface area contributed by atoms with Crippen LogP contribution >= 0.6 is 0 Å². The average Bonchev–Trinajstić information content (AvgIpc) is 3.28. The Labute approximate surface area is 209 Å². The molecule has 4 atom stereocenters. The van der Waals surface area contributed by atoms with Gasteiger partial charge >= 0.3 is 0 Å². The van der Waals surface area contributed by atoms with Crippen LogP contribution in [0.2, 0.25) is 0 Å². The third-order valence-electron chi connectivity index (χ3n) is 8.79. The minimum Gasteiger partial charge on any atom is -0.339 e. The summed E-state index contributed by atoms with van der Waals surface area (Å²) in [6.07, 6.45) is 8.61. The zero-order chi connectivity index (χ0) is 24.4. The first kappa shape index (κ1) is 24.3. The van der Waals surface area contributed by atoms with Crippen LogP contribution in [0.1, 0.15) is 68.6 Å². The van der Waals surface area contributed by atoms with Crippen LogP contribution in [0.5, 0.6) is 0 Å². The van der Waals surface area contributed by atoms with Gasteiger partial charge in [-0.2, -0.15) is 0 Å². The highest BCUT2D eigenvalue weighted by molar-refractivity contribution is 5.98. The molecule has 4 fully saturated rings. The van der Waals surface area contributed by atoms with E-state index in [0.29, 0.717) is 50.2 Å². The molecule has 1 aromatic carbocycles. The molecule has 1 aliphatic carbocycles. The summed E-state index contributed by atoms with van der Waals surface area (Å²) in [7, 11) is 0. The van der Waals surface area contributed by atoms with Crippen LogP contribution in [0.3, 0.4) is 0 Å². The maximum atomic E-state index is 13.7. The molecule has 0 N–H and O–H groups in total. The van der Waals surface area contributed by atoms with Gasteiger partial charge in [-0.25, -0.2) is 0 Å². The lowest BCUT2D eigenvalue weighted by atomic mass is 9.84. The number of benzene rings is 1. The molecular formula is C28H40N4O3. The van der Waals surface area contributed by atoms with E-state index < -0.39 is 0 Å². The van der Waals surface area contributed by atoms with Gasteiger partial charge in [0, 0.05) is 50.4 Å². The number of hydrogen-bond donors (Lipinski definition) is 0. The average molecular weight is 481 g/mol. The number of carbonyl (C=O) groups excluding carboxylic acids is 3. The van der Waals surface area contributed by atoms with Crippen LogP contribution in [0, 0.1) is 5.92 Å². The first-order valence-electron chi connectivity index (χ1n) is 13.7. The standard InChI is InChI=1S/C28H40N4O3/c1-21-9-7-8-14-31(21)26(33)20-29-15-17-30(18-16-29)28(35)25-19-23-12-5-6-13-24(23)32(25)27(34)22-10-3-2-4-11-22/h2-4,10-11,21,23-25H,5-9,12-20H2,1H3. The van der Waals surface area contributed by atoms with E-state index in [0.717, 1.165) is 45.1 Å². The Kier molecular flexibility index (Phi) is 7.42. The summed E-state index contributed by atoms with van der Waals surface area (Å²) in [6, 6.07) is 9.57. The van der Waals surface area contributed by atoms with Crippen molar-refractivity contribution in [3.8, 4) is 0 Å². The van der Waals surface area contributed by atoms with Crippen molar-refractivity contribution < 1.29 is 14.4 Å². The molecule has 35 heavy (non-hydrogen) atoms. The number of nitrogens with zero attached hydrogens (tertiary/aromatic N) is 4. The molecule has 1 saturated carbocycles. The number of carbonyl (C=O) groups is 3. The lowest BCUT2D eigenvalue weighted by molar-refractivity contribution is -0.139. The molecule has 0 spiro atoms. The van der Waals surface area contributed by atoms with Gasteiger partial charge in [-0.15, -0.1) is 0 Å². The molecule has 190 valence electrons. The molecule has 3 amide bonds. The number of likely N-dealkylation sites (tertiary alicyclic amines) is 2. The van der Waals surface area contributed by atoms with Crippen molar-refractivity contribution in [2.45, 2.75) is 76.4 Å². The largest absolute Gasteiger partial charge is 0.339 e. The molecule has 3 saturated heterocycles. The Balaban J connectivity index is 1.22. The maximum absolute atomic E-state index is 13.7. The van der Waals surface area contributed by atoms with Crippen molar-refractivity contribution in [1.82, 2.24) is 19.6 Å². The Bertz CT molecular complexity index is 914. The minimum atomic E-state index is -0.363. The number of piperazine rings is 1. The summed E-state index contributed by atoms with van der Waals surface area (Å²) in [6.45, 7) is 6.14. The zero-order valence-corrected chi connectivity index (χ0v) is 21.1. The predicted octanol–water partition coefficient (Wildman–Crippen LogP) is 3.01.